The lowest BCUT2D eigenvalue weighted by Gasteiger charge is -2.27. The van der Waals surface area contributed by atoms with Crippen molar-refractivity contribution in [2.24, 2.45) is 0 Å². The van der Waals surface area contributed by atoms with Crippen molar-refractivity contribution in [3.05, 3.63) is 54.5 Å². The van der Waals surface area contributed by atoms with Gasteiger partial charge in [-0.05, 0) is 63.2 Å². The Morgan fingerprint density at radius 2 is 2.00 bits per heavy atom. The fourth-order valence-electron chi connectivity index (χ4n) is 2.31. The fraction of sp³-hybridized carbons (Fsp3) is 0.278. The largest absolute Gasteiger partial charge is 0.465 e. The van der Waals surface area contributed by atoms with Gasteiger partial charge in [-0.2, -0.15) is 0 Å². The second-order valence-electron chi connectivity index (χ2n) is 5.26. The number of hydrogen-bond donors (Lipinski definition) is 1. The second-order valence-corrected chi connectivity index (χ2v) is 5.26. The van der Waals surface area contributed by atoms with Crippen LogP contribution in [0.2, 0.25) is 0 Å². The normalized spacial score (nSPS) is 11.1. The van der Waals surface area contributed by atoms with E-state index in [4.69, 9.17) is 4.42 Å². The van der Waals surface area contributed by atoms with Crippen LogP contribution in [0, 0.1) is 0 Å². The van der Waals surface area contributed by atoms with Gasteiger partial charge < -0.3 is 14.6 Å². The molecule has 1 amide bonds. The number of hydrogen-bond acceptors (Lipinski definition) is 3. The zero-order chi connectivity index (χ0) is 15.9. The highest BCUT2D eigenvalue weighted by atomic mass is 16.3. The summed E-state index contributed by atoms with van der Waals surface area (Å²) in [6, 6.07) is 11.9. The summed E-state index contributed by atoms with van der Waals surface area (Å²) < 4.78 is 5.14. The van der Waals surface area contributed by atoms with E-state index < -0.39 is 0 Å². The van der Waals surface area contributed by atoms with Gasteiger partial charge in [0.1, 0.15) is 5.76 Å². The van der Waals surface area contributed by atoms with E-state index in [9.17, 15) is 4.79 Å². The average Bonchev–Trinajstić information content (AvgIpc) is 3.01. The van der Waals surface area contributed by atoms with E-state index in [0.29, 0.717) is 11.8 Å². The Kier molecular flexibility index (Phi) is 5.42. The molecule has 4 heteroatoms. The van der Waals surface area contributed by atoms with Crippen LogP contribution < -0.4 is 10.2 Å². The third-order valence-corrected chi connectivity index (χ3v) is 3.37. The minimum Gasteiger partial charge on any atom is -0.465 e. The first kappa shape index (κ1) is 15.9. The molecule has 0 saturated carbocycles. The van der Waals surface area contributed by atoms with Gasteiger partial charge in [0.2, 0.25) is 5.91 Å². The van der Waals surface area contributed by atoms with Gasteiger partial charge in [0.25, 0.3) is 0 Å². The molecule has 0 radical (unpaired) electrons. The van der Waals surface area contributed by atoms with Crippen LogP contribution in [0.1, 0.15) is 26.5 Å². The monoisotopic (exact) mass is 298 g/mol. The summed E-state index contributed by atoms with van der Waals surface area (Å²) >= 11 is 0. The number of carbonyl (C=O) groups is 1. The third kappa shape index (κ3) is 4.25. The molecule has 4 nitrogen and oxygen atoms in total. The average molecular weight is 298 g/mol. The lowest BCUT2D eigenvalue weighted by Crippen LogP contribution is -2.30. The zero-order valence-corrected chi connectivity index (χ0v) is 13.2. The molecule has 116 valence electrons. The number of carbonyl (C=O) groups excluding carboxylic acids is 1. The van der Waals surface area contributed by atoms with Crippen LogP contribution >= 0.6 is 0 Å². The van der Waals surface area contributed by atoms with Crippen molar-refractivity contribution in [2.45, 2.75) is 26.8 Å². The van der Waals surface area contributed by atoms with Crippen molar-refractivity contribution in [1.82, 2.24) is 0 Å². The van der Waals surface area contributed by atoms with Gasteiger partial charge in [-0.25, -0.2) is 0 Å². The van der Waals surface area contributed by atoms with Gasteiger partial charge in [-0.3, -0.25) is 4.79 Å². The summed E-state index contributed by atoms with van der Waals surface area (Å²) in [5.74, 6) is 0.473. The molecule has 22 heavy (non-hydrogen) atoms. The topological polar surface area (TPSA) is 45.5 Å². The van der Waals surface area contributed by atoms with E-state index >= 15 is 0 Å². The Hall–Kier alpha value is -2.49. The summed E-state index contributed by atoms with van der Waals surface area (Å²) in [5.41, 5.74) is 1.93. The predicted octanol–water partition coefficient (Wildman–Crippen LogP) is 4.17. The summed E-state index contributed by atoms with van der Waals surface area (Å²) in [7, 11) is 0. The maximum absolute atomic E-state index is 11.8. The molecule has 2 aromatic rings. The quantitative estimate of drug-likeness (QED) is 0.814. The predicted molar refractivity (Wildman–Crippen MR) is 91.0 cm³/mol. The number of rotatable bonds is 6. The van der Waals surface area contributed by atoms with Crippen LogP contribution in [0.15, 0.2) is 53.2 Å². The van der Waals surface area contributed by atoms with Gasteiger partial charge >= 0.3 is 0 Å². The fourth-order valence-corrected chi connectivity index (χ4v) is 2.31. The smallest absolute Gasteiger partial charge is 0.248 e. The number of nitrogens with one attached hydrogen (secondary N) is 1. The molecule has 1 heterocycles. The molecule has 1 aromatic heterocycles. The zero-order valence-electron chi connectivity index (χ0n) is 13.2. The SMILES string of the molecule is CCN(c1ccc(NC(=O)C=Cc2ccco2)cc1)C(C)C. The highest BCUT2D eigenvalue weighted by molar-refractivity contribution is 6.01. The van der Waals surface area contributed by atoms with Crippen molar-refractivity contribution in [3.8, 4) is 0 Å². The van der Waals surface area contributed by atoms with Crippen molar-refractivity contribution in [3.63, 3.8) is 0 Å². The molecule has 0 bridgehead atoms. The first-order valence-corrected chi connectivity index (χ1v) is 7.49. The number of nitrogens with zero attached hydrogens (tertiary/aromatic N) is 1. The number of benzene rings is 1. The summed E-state index contributed by atoms with van der Waals surface area (Å²) in [4.78, 5) is 14.1. The Bertz CT molecular complexity index is 613. The second kappa shape index (κ2) is 7.50. The Labute approximate surface area is 131 Å². The van der Waals surface area contributed by atoms with E-state index in [1.54, 1.807) is 24.5 Å². The molecule has 0 saturated heterocycles. The number of anilines is 2. The van der Waals surface area contributed by atoms with Crippen LogP contribution in [-0.4, -0.2) is 18.5 Å². The lowest BCUT2D eigenvalue weighted by atomic mass is 10.2. The van der Waals surface area contributed by atoms with Crippen LogP contribution in [0.4, 0.5) is 11.4 Å². The number of amides is 1. The Balaban J connectivity index is 1.97. The van der Waals surface area contributed by atoms with Gasteiger partial charge in [0.15, 0.2) is 0 Å². The Morgan fingerprint density at radius 1 is 1.27 bits per heavy atom. The van der Waals surface area contributed by atoms with Gasteiger partial charge in [0.05, 0.1) is 6.26 Å². The highest BCUT2D eigenvalue weighted by Gasteiger charge is 2.08. The van der Waals surface area contributed by atoms with Crippen molar-refractivity contribution in [1.29, 1.82) is 0 Å². The Morgan fingerprint density at radius 3 is 2.55 bits per heavy atom. The van der Waals surface area contributed by atoms with Crippen molar-refractivity contribution in [2.75, 3.05) is 16.8 Å². The van der Waals surface area contributed by atoms with E-state index in [2.05, 4.69) is 31.0 Å². The minimum absolute atomic E-state index is 0.180. The van der Waals surface area contributed by atoms with Gasteiger partial charge in [-0.15, -0.1) is 0 Å². The first-order chi connectivity index (χ1) is 10.6. The first-order valence-electron chi connectivity index (χ1n) is 7.49. The molecule has 1 aromatic carbocycles. The molecule has 0 spiro atoms. The summed E-state index contributed by atoms with van der Waals surface area (Å²) in [5, 5.41) is 2.83. The van der Waals surface area contributed by atoms with Crippen LogP contribution in [0.5, 0.6) is 0 Å². The van der Waals surface area contributed by atoms with Gasteiger partial charge in [-0.1, -0.05) is 0 Å². The van der Waals surface area contributed by atoms with E-state index in [-0.39, 0.29) is 5.91 Å². The molecule has 2 rings (SSSR count). The maximum Gasteiger partial charge on any atom is 0.248 e. The molecule has 0 atom stereocenters. The summed E-state index contributed by atoms with van der Waals surface area (Å²) in [6.07, 6.45) is 4.67. The van der Waals surface area contributed by atoms with E-state index in [1.807, 2.05) is 24.3 Å². The van der Waals surface area contributed by atoms with E-state index in [1.165, 1.54) is 6.08 Å². The molecular formula is C18H22N2O2. The van der Waals surface area contributed by atoms with Crippen LogP contribution in [-0.2, 0) is 4.79 Å². The molecule has 0 aliphatic heterocycles. The van der Waals surface area contributed by atoms with Crippen LogP contribution in [0.3, 0.4) is 0 Å². The molecule has 0 fully saturated rings. The van der Waals surface area contributed by atoms with Crippen LogP contribution in [0.25, 0.3) is 6.08 Å². The third-order valence-electron chi connectivity index (χ3n) is 3.37. The molecule has 0 aliphatic rings. The summed E-state index contributed by atoms with van der Waals surface area (Å²) in [6.45, 7) is 7.42. The number of furan rings is 1. The highest BCUT2D eigenvalue weighted by Crippen LogP contribution is 2.19. The molecule has 1 N–H and O–H groups in total. The van der Waals surface area contributed by atoms with Crippen molar-refractivity contribution < 1.29 is 9.21 Å². The van der Waals surface area contributed by atoms with Gasteiger partial charge in [0, 0.05) is 30.0 Å². The molecule has 0 aliphatic carbocycles. The van der Waals surface area contributed by atoms with E-state index in [0.717, 1.165) is 17.9 Å². The minimum atomic E-state index is -0.180. The maximum atomic E-state index is 11.8. The van der Waals surface area contributed by atoms with Crippen molar-refractivity contribution >= 4 is 23.4 Å². The molecule has 0 unspecified atom stereocenters. The molecular weight excluding hydrogens is 276 g/mol. The lowest BCUT2D eigenvalue weighted by molar-refractivity contribution is -0.111. The standard InChI is InChI=1S/C18H22N2O2/c1-4-20(14(2)3)16-9-7-15(8-10-16)19-18(21)12-11-17-6-5-13-22-17/h5-14H,4H2,1-3H3,(H,19,21).